The maximum Gasteiger partial charge on any atom is 0.0785 e. The molecule has 3 nitrogen and oxygen atoms in total. The Hall–Kier alpha value is -0.480. The Kier molecular flexibility index (Phi) is 5.35. The molecule has 0 aromatic heterocycles. The molecule has 0 aliphatic carbocycles. The van der Waals surface area contributed by atoms with Crippen molar-refractivity contribution in [2.45, 2.75) is 6.92 Å². The number of hydrogen-bond acceptors (Lipinski definition) is 3. The molecule has 2 N–H and O–H groups in total. The normalized spacial score (nSPS) is 11.7. The van der Waals surface area contributed by atoms with Crippen LogP contribution in [0.1, 0.15) is 12.5 Å². The van der Waals surface area contributed by atoms with Crippen molar-refractivity contribution in [2.75, 3.05) is 13.2 Å². The number of aliphatic hydroxyl groups is 1. The summed E-state index contributed by atoms with van der Waals surface area (Å²) in [6, 6.07) is 3.41. The van der Waals surface area contributed by atoms with Crippen LogP contribution in [0.25, 0.3) is 0 Å². The van der Waals surface area contributed by atoms with E-state index in [4.69, 9.17) is 39.9 Å². The average molecular weight is 282 g/mol. The van der Waals surface area contributed by atoms with Gasteiger partial charge in [-0.05, 0) is 13.0 Å². The topological polar surface area (TPSA) is 44.6 Å². The van der Waals surface area contributed by atoms with Gasteiger partial charge in [-0.25, -0.2) is 0 Å². The zero-order valence-corrected chi connectivity index (χ0v) is 10.9. The van der Waals surface area contributed by atoms with E-state index in [9.17, 15) is 0 Å². The third-order valence-electron chi connectivity index (χ3n) is 1.90. The quantitative estimate of drug-likeness (QED) is 0.386. The highest BCUT2D eigenvalue weighted by Gasteiger charge is 2.10. The van der Waals surface area contributed by atoms with Crippen LogP contribution in [0.5, 0.6) is 0 Å². The SMILES string of the molecule is CC(=NNCCO)c1ccc(Cl)c(Cl)c1Cl. The summed E-state index contributed by atoms with van der Waals surface area (Å²) in [5.41, 5.74) is 4.09. The minimum atomic E-state index is 0.0197. The molecule has 0 fully saturated rings. The van der Waals surface area contributed by atoms with Crippen molar-refractivity contribution in [3.8, 4) is 0 Å². The summed E-state index contributed by atoms with van der Waals surface area (Å²) in [5, 5.41) is 13.7. The molecule has 0 aliphatic rings. The molecular weight excluding hydrogens is 270 g/mol. The zero-order valence-electron chi connectivity index (χ0n) is 8.60. The molecule has 0 unspecified atom stereocenters. The van der Waals surface area contributed by atoms with Gasteiger partial charge >= 0.3 is 0 Å². The van der Waals surface area contributed by atoms with Gasteiger partial charge < -0.3 is 10.5 Å². The Labute approximate surface area is 109 Å². The molecule has 1 rings (SSSR count). The number of hydrazone groups is 1. The van der Waals surface area contributed by atoms with Crippen LogP contribution in [0.4, 0.5) is 0 Å². The molecule has 0 amide bonds. The fourth-order valence-corrected chi connectivity index (χ4v) is 1.76. The molecule has 0 aliphatic heterocycles. The molecule has 0 heterocycles. The van der Waals surface area contributed by atoms with Crippen molar-refractivity contribution in [3.63, 3.8) is 0 Å². The number of aliphatic hydroxyl groups excluding tert-OH is 1. The van der Waals surface area contributed by atoms with Crippen molar-refractivity contribution in [1.29, 1.82) is 0 Å². The first kappa shape index (κ1) is 13.6. The second-order valence-corrected chi connectivity index (χ2v) is 4.21. The van der Waals surface area contributed by atoms with Gasteiger partial charge in [-0.2, -0.15) is 5.10 Å². The maximum absolute atomic E-state index is 8.59. The summed E-state index contributed by atoms with van der Waals surface area (Å²) >= 11 is 17.8. The van der Waals surface area contributed by atoms with E-state index in [0.29, 0.717) is 32.9 Å². The number of nitrogens with zero attached hydrogens (tertiary/aromatic N) is 1. The summed E-state index contributed by atoms with van der Waals surface area (Å²) in [6.45, 7) is 2.19. The van der Waals surface area contributed by atoms with Gasteiger partial charge in [0.2, 0.25) is 0 Å². The standard InChI is InChI=1S/C10H11Cl3N2O/c1-6(15-14-4-5-16)7-2-3-8(11)10(13)9(7)12/h2-3,14,16H,4-5H2,1H3. The van der Waals surface area contributed by atoms with Crippen molar-refractivity contribution in [2.24, 2.45) is 5.10 Å². The number of nitrogens with one attached hydrogen (secondary N) is 1. The van der Waals surface area contributed by atoms with Crippen LogP contribution in [0, 0.1) is 0 Å². The van der Waals surface area contributed by atoms with Crippen LogP contribution in [0.2, 0.25) is 15.1 Å². The molecule has 1 aromatic carbocycles. The molecule has 88 valence electrons. The lowest BCUT2D eigenvalue weighted by molar-refractivity contribution is 0.293. The van der Waals surface area contributed by atoms with E-state index in [2.05, 4.69) is 10.5 Å². The van der Waals surface area contributed by atoms with E-state index in [1.165, 1.54) is 0 Å². The zero-order chi connectivity index (χ0) is 12.1. The summed E-state index contributed by atoms with van der Waals surface area (Å²) in [6.07, 6.45) is 0. The van der Waals surface area contributed by atoms with E-state index >= 15 is 0 Å². The van der Waals surface area contributed by atoms with Gasteiger partial charge in [-0.3, -0.25) is 0 Å². The summed E-state index contributed by atoms with van der Waals surface area (Å²) in [5.74, 6) is 0. The third kappa shape index (κ3) is 3.25. The van der Waals surface area contributed by atoms with Crippen molar-refractivity contribution in [3.05, 3.63) is 32.8 Å². The lowest BCUT2D eigenvalue weighted by atomic mass is 10.1. The fourth-order valence-electron chi connectivity index (χ4n) is 1.09. The lowest BCUT2D eigenvalue weighted by Crippen LogP contribution is -2.14. The Morgan fingerprint density at radius 1 is 1.31 bits per heavy atom. The molecule has 1 aromatic rings. The number of benzene rings is 1. The second kappa shape index (κ2) is 6.30. The highest BCUT2D eigenvalue weighted by Crippen LogP contribution is 2.32. The molecule has 0 atom stereocenters. The minimum absolute atomic E-state index is 0.0197. The monoisotopic (exact) mass is 280 g/mol. The van der Waals surface area contributed by atoms with Gasteiger partial charge in [-0.15, -0.1) is 0 Å². The van der Waals surface area contributed by atoms with E-state index in [0.717, 1.165) is 0 Å². The van der Waals surface area contributed by atoms with E-state index in [1.807, 2.05) is 0 Å². The summed E-state index contributed by atoms with van der Waals surface area (Å²) in [4.78, 5) is 0. The van der Waals surface area contributed by atoms with Crippen molar-refractivity contribution < 1.29 is 5.11 Å². The van der Waals surface area contributed by atoms with E-state index in [1.54, 1.807) is 19.1 Å². The second-order valence-electron chi connectivity index (χ2n) is 3.05. The Morgan fingerprint density at radius 2 is 2.00 bits per heavy atom. The Morgan fingerprint density at radius 3 is 2.62 bits per heavy atom. The van der Waals surface area contributed by atoms with Crippen LogP contribution in [0.15, 0.2) is 17.2 Å². The minimum Gasteiger partial charge on any atom is -0.394 e. The predicted molar refractivity (Wildman–Crippen MR) is 68.8 cm³/mol. The smallest absolute Gasteiger partial charge is 0.0785 e. The Balaban J connectivity index is 2.96. The van der Waals surface area contributed by atoms with Crippen molar-refractivity contribution in [1.82, 2.24) is 5.43 Å². The van der Waals surface area contributed by atoms with Crippen LogP contribution < -0.4 is 5.43 Å². The maximum atomic E-state index is 8.59. The lowest BCUT2D eigenvalue weighted by Gasteiger charge is -2.07. The fraction of sp³-hybridized carbons (Fsp3) is 0.300. The summed E-state index contributed by atoms with van der Waals surface area (Å²) < 4.78 is 0. The Bertz CT molecular complexity index is 407. The van der Waals surface area contributed by atoms with Gasteiger partial charge in [-0.1, -0.05) is 40.9 Å². The van der Waals surface area contributed by atoms with Crippen LogP contribution in [-0.2, 0) is 0 Å². The number of rotatable bonds is 4. The largest absolute Gasteiger partial charge is 0.394 e. The molecule has 0 saturated carbocycles. The summed E-state index contributed by atoms with van der Waals surface area (Å²) in [7, 11) is 0. The molecule has 0 radical (unpaired) electrons. The van der Waals surface area contributed by atoms with Gasteiger partial charge in [0.1, 0.15) is 0 Å². The third-order valence-corrected chi connectivity index (χ3v) is 3.19. The highest BCUT2D eigenvalue weighted by molar-refractivity contribution is 6.49. The first-order valence-corrected chi connectivity index (χ1v) is 5.73. The molecule has 16 heavy (non-hydrogen) atoms. The van der Waals surface area contributed by atoms with Gasteiger partial charge in [0.25, 0.3) is 0 Å². The molecule has 6 heteroatoms. The van der Waals surface area contributed by atoms with E-state index < -0.39 is 0 Å². The first-order chi connectivity index (χ1) is 7.57. The van der Waals surface area contributed by atoms with Gasteiger partial charge in [0, 0.05) is 5.56 Å². The van der Waals surface area contributed by atoms with Gasteiger partial charge in [0.15, 0.2) is 0 Å². The molecule has 0 saturated heterocycles. The average Bonchev–Trinajstić information content (AvgIpc) is 2.26. The van der Waals surface area contributed by atoms with E-state index in [-0.39, 0.29) is 6.61 Å². The number of halogens is 3. The van der Waals surface area contributed by atoms with Crippen LogP contribution >= 0.6 is 34.8 Å². The molecule has 0 spiro atoms. The molecular formula is C10H11Cl3N2O. The number of hydrogen-bond donors (Lipinski definition) is 2. The van der Waals surface area contributed by atoms with Crippen molar-refractivity contribution >= 4 is 40.5 Å². The van der Waals surface area contributed by atoms with Gasteiger partial charge in [0.05, 0.1) is 33.9 Å². The highest BCUT2D eigenvalue weighted by atomic mass is 35.5. The predicted octanol–water partition coefficient (Wildman–Crippen LogP) is 2.95. The van der Waals surface area contributed by atoms with Crippen LogP contribution in [-0.4, -0.2) is 24.0 Å². The molecule has 0 bridgehead atoms. The van der Waals surface area contributed by atoms with Crippen LogP contribution in [0.3, 0.4) is 0 Å². The first-order valence-electron chi connectivity index (χ1n) is 4.59.